The Morgan fingerprint density at radius 3 is 2.35 bits per heavy atom. The van der Waals surface area contributed by atoms with Crippen LogP contribution >= 0.6 is 0 Å². The van der Waals surface area contributed by atoms with E-state index < -0.39 is 18.0 Å². The van der Waals surface area contributed by atoms with Gasteiger partial charge in [0, 0.05) is 0 Å². The first-order valence-corrected chi connectivity index (χ1v) is 4.94. The quantitative estimate of drug-likeness (QED) is 0.554. The van der Waals surface area contributed by atoms with Gasteiger partial charge in [-0.2, -0.15) is 0 Å². The second-order valence-electron chi connectivity index (χ2n) is 3.50. The molecule has 92 valence electrons. The van der Waals surface area contributed by atoms with E-state index in [1.807, 2.05) is 0 Å². The number of aliphatic carboxylic acids is 1. The maximum absolute atomic E-state index is 11.3. The Kier molecular flexibility index (Phi) is 4.47. The summed E-state index contributed by atoms with van der Waals surface area (Å²) < 4.78 is 0. The zero-order chi connectivity index (χ0) is 12.8. The van der Waals surface area contributed by atoms with E-state index >= 15 is 0 Å². The Bertz CT molecular complexity index is 401. The van der Waals surface area contributed by atoms with E-state index in [0.717, 1.165) is 0 Å². The number of amides is 1. The summed E-state index contributed by atoms with van der Waals surface area (Å²) in [6, 6.07) is 6.08. The number of hydrogen-bond acceptors (Lipinski definition) is 4. The lowest BCUT2D eigenvalue weighted by Crippen LogP contribution is -2.37. The number of carboxylic acid groups (broad SMARTS) is 1. The van der Waals surface area contributed by atoms with E-state index in [1.165, 1.54) is 12.1 Å². The van der Waals surface area contributed by atoms with Gasteiger partial charge in [0.1, 0.15) is 5.75 Å². The number of carbonyl (C=O) groups excluding carboxylic acids is 1. The molecule has 1 aromatic carbocycles. The first-order valence-electron chi connectivity index (χ1n) is 4.94. The molecule has 0 radical (unpaired) electrons. The summed E-state index contributed by atoms with van der Waals surface area (Å²) in [4.78, 5) is 21.6. The molecule has 0 aliphatic carbocycles. The zero-order valence-electron chi connectivity index (χ0n) is 8.96. The van der Waals surface area contributed by atoms with E-state index in [0.29, 0.717) is 5.56 Å². The second kappa shape index (κ2) is 5.86. The molecule has 0 saturated carbocycles. The van der Waals surface area contributed by atoms with Crippen molar-refractivity contribution < 1.29 is 24.9 Å². The predicted octanol–water partition coefficient (Wildman–Crippen LogP) is -0.504. The molecule has 1 atom stereocenters. The SMILES string of the molecule is O=C(Cc1ccc(O)cc1)NC[C@H](O)C(=O)O. The topological polar surface area (TPSA) is 107 Å². The van der Waals surface area contributed by atoms with Gasteiger partial charge in [0.05, 0.1) is 13.0 Å². The number of aromatic hydroxyl groups is 1. The van der Waals surface area contributed by atoms with Crippen LogP contribution in [0.4, 0.5) is 0 Å². The maximum atomic E-state index is 11.3. The van der Waals surface area contributed by atoms with Crippen molar-refractivity contribution in [2.75, 3.05) is 6.54 Å². The van der Waals surface area contributed by atoms with E-state index in [9.17, 15) is 9.59 Å². The summed E-state index contributed by atoms with van der Waals surface area (Å²) >= 11 is 0. The highest BCUT2D eigenvalue weighted by atomic mass is 16.4. The number of benzene rings is 1. The Balaban J connectivity index is 2.39. The molecule has 0 bridgehead atoms. The standard InChI is InChI=1S/C11H13NO5/c13-8-3-1-7(2-4-8)5-10(15)12-6-9(14)11(16)17/h1-4,9,13-14H,5-6H2,(H,12,15)(H,16,17)/t9-/m0/s1. The number of phenolic OH excluding ortho intramolecular Hbond substituents is 1. The van der Waals surface area contributed by atoms with Gasteiger partial charge in [-0.3, -0.25) is 4.79 Å². The minimum atomic E-state index is -1.60. The lowest BCUT2D eigenvalue weighted by atomic mass is 10.1. The lowest BCUT2D eigenvalue weighted by molar-refractivity contribution is -0.146. The van der Waals surface area contributed by atoms with Crippen molar-refractivity contribution in [1.82, 2.24) is 5.32 Å². The van der Waals surface area contributed by atoms with E-state index in [1.54, 1.807) is 12.1 Å². The van der Waals surface area contributed by atoms with Crippen LogP contribution in [0.25, 0.3) is 0 Å². The van der Waals surface area contributed by atoms with Gasteiger partial charge in [-0.15, -0.1) is 0 Å². The van der Waals surface area contributed by atoms with E-state index in [2.05, 4.69) is 5.32 Å². The summed E-state index contributed by atoms with van der Waals surface area (Å²) in [6.45, 7) is -0.327. The van der Waals surface area contributed by atoms with Crippen molar-refractivity contribution in [1.29, 1.82) is 0 Å². The zero-order valence-corrected chi connectivity index (χ0v) is 8.96. The molecule has 0 aromatic heterocycles. The smallest absolute Gasteiger partial charge is 0.334 e. The fourth-order valence-corrected chi connectivity index (χ4v) is 1.16. The Labute approximate surface area is 97.5 Å². The highest BCUT2D eigenvalue weighted by Crippen LogP contribution is 2.09. The molecule has 0 aliphatic heterocycles. The molecular formula is C11H13NO5. The Morgan fingerprint density at radius 1 is 1.24 bits per heavy atom. The highest BCUT2D eigenvalue weighted by molar-refractivity contribution is 5.80. The molecule has 0 heterocycles. The van der Waals surface area contributed by atoms with Crippen LogP contribution in [0.1, 0.15) is 5.56 Å². The van der Waals surface area contributed by atoms with Crippen molar-refractivity contribution in [2.45, 2.75) is 12.5 Å². The number of hydrogen-bond donors (Lipinski definition) is 4. The van der Waals surface area contributed by atoms with Crippen LogP contribution in [0.2, 0.25) is 0 Å². The summed E-state index contributed by atoms with van der Waals surface area (Å²) in [5.74, 6) is -1.67. The van der Waals surface area contributed by atoms with Crippen molar-refractivity contribution in [3.63, 3.8) is 0 Å². The van der Waals surface area contributed by atoms with Crippen LogP contribution in [0.5, 0.6) is 5.75 Å². The molecule has 4 N–H and O–H groups in total. The third-order valence-electron chi connectivity index (χ3n) is 2.08. The molecule has 0 saturated heterocycles. The normalized spacial score (nSPS) is 11.8. The Morgan fingerprint density at radius 2 is 1.82 bits per heavy atom. The Hall–Kier alpha value is -2.08. The first-order chi connectivity index (χ1) is 7.99. The van der Waals surface area contributed by atoms with Crippen LogP contribution in [-0.4, -0.2) is 39.8 Å². The first kappa shape index (κ1) is 13.0. The average Bonchev–Trinajstić information content (AvgIpc) is 2.29. The number of aliphatic hydroxyl groups is 1. The van der Waals surface area contributed by atoms with Gasteiger partial charge in [0.25, 0.3) is 0 Å². The molecule has 0 aliphatic rings. The summed E-state index contributed by atoms with van der Waals surface area (Å²) in [7, 11) is 0. The number of phenols is 1. The molecule has 1 rings (SSSR count). The number of rotatable bonds is 5. The molecule has 0 spiro atoms. The van der Waals surface area contributed by atoms with Gasteiger partial charge in [0.15, 0.2) is 6.10 Å². The van der Waals surface area contributed by atoms with Crippen LogP contribution in [0.3, 0.4) is 0 Å². The third kappa shape index (κ3) is 4.52. The maximum Gasteiger partial charge on any atom is 0.334 e. The van der Waals surface area contributed by atoms with Crippen molar-refractivity contribution in [2.24, 2.45) is 0 Å². The third-order valence-corrected chi connectivity index (χ3v) is 2.08. The van der Waals surface area contributed by atoms with Crippen molar-refractivity contribution in [3.05, 3.63) is 29.8 Å². The monoisotopic (exact) mass is 239 g/mol. The minimum absolute atomic E-state index is 0.0621. The molecule has 6 nitrogen and oxygen atoms in total. The van der Waals surface area contributed by atoms with Gasteiger partial charge in [0.2, 0.25) is 5.91 Å². The van der Waals surface area contributed by atoms with E-state index in [4.69, 9.17) is 15.3 Å². The van der Waals surface area contributed by atoms with Crippen LogP contribution in [0, 0.1) is 0 Å². The largest absolute Gasteiger partial charge is 0.508 e. The summed E-state index contributed by atoms with van der Waals surface area (Å²) in [5.41, 5.74) is 0.685. The van der Waals surface area contributed by atoms with Crippen LogP contribution < -0.4 is 5.32 Å². The van der Waals surface area contributed by atoms with E-state index in [-0.39, 0.29) is 18.7 Å². The van der Waals surface area contributed by atoms with Crippen LogP contribution in [0.15, 0.2) is 24.3 Å². The predicted molar refractivity (Wildman–Crippen MR) is 58.5 cm³/mol. The highest BCUT2D eigenvalue weighted by Gasteiger charge is 2.14. The number of carboxylic acids is 1. The number of nitrogens with one attached hydrogen (secondary N) is 1. The number of carbonyl (C=O) groups is 2. The fourth-order valence-electron chi connectivity index (χ4n) is 1.16. The fraction of sp³-hybridized carbons (Fsp3) is 0.273. The van der Waals surface area contributed by atoms with Gasteiger partial charge in [-0.1, -0.05) is 12.1 Å². The van der Waals surface area contributed by atoms with Gasteiger partial charge in [-0.05, 0) is 17.7 Å². The number of aliphatic hydroxyl groups excluding tert-OH is 1. The van der Waals surface area contributed by atoms with Gasteiger partial charge >= 0.3 is 5.97 Å². The average molecular weight is 239 g/mol. The van der Waals surface area contributed by atoms with Crippen molar-refractivity contribution in [3.8, 4) is 5.75 Å². The molecule has 6 heteroatoms. The van der Waals surface area contributed by atoms with Crippen molar-refractivity contribution >= 4 is 11.9 Å². The van der Waals surface area contributed by atoms with Crippen LogP contribution in [-0.2, 0) is 16.0 Å². The summed E-state index contributed by atoms with van der Waals surface area (Å²) in [6.07, 6.45) is -1.54. The molecule has 0 unspecified atom stereocenters. The van der Waals surface area contributed by atoms with Gasteiger partial charge in [-0.25, -0.2) is 4.79 Å². The second-order valence-corrected chi connectivity index (χ2v) is 3.50. The molecule has 1 aromatic rings. The molecule has 1 amide bonds. The van der Waals surface area contributed by atoms with Gasteiger partial charge < -0.3 is 20.6 Å². The lowest BCUT2D eigenvalue weighted by Gasteiger charge is -2.07. The summed E-state index contributed by atoms with van der Waals surface area (Å²) in [5, 5.41) is 28.6. The molecule has 17 heavy (non-hydrogen) atoms. The minimum Gasteiger partial charge on any atom is -0.508 e. The molecule has 0 fully saturated rings. The molecular weight excluding hydrogens is 226 g/mol.